The van der Waals surface area contributed by atoms with Crippen LogP contribution >= 0.6 is 0 Å². The molecular formula is C27H32N4O3. The van der Waals surface area contributed by atoms with E-state index in [1.807, 2.05) is 33.7 Å². The summed E-state index contributed by atoms with van der Waals surface area (Å²) in [7, 11) is 0. The summed E-state index contributed by atoms with van der Waals surface area (Å²) in [6, 6.07) is 16.1. The summed E-state index contributed by atoms with van der Waals surface area (Å²) in [5.41, 5.74) is 3.83. The highest BCUT2D eigenvalue weighted by molar-refractivity contribution is 5.79. The number of carbonyl (C=O) groups excluding carboxylic acids is 1. The smallest absolute Gasteiger partial charge is 0.294 e. The first kappa shape index (κ1) is 22.6. The van der Waals surface area contributed by atoms with Crippen molar-refractivity contribution in [2.75, 3.05) is 31.1 Å². The molecule has 0 spiro atoms. The second kappa shape index (κ2) is 9.97. The predicted molar refractivity (Wildman–Crippen MR) is 133 cm³/mol. The van der Waals surface area contributed by atoms with Gasteiger partial charge in [0.1, 0.15) is 0 Å². The summed E-state index contributed by atoms with van der Waals surface area (Å²) in [5.74, 6) is 0.537. The topological polar surface area (TPSA) is 76.5 Å². The van der Waals surface area contributed by atoms with E-state index >= 15 is 0 Å². The summed E-state index contributed by atoms with van der Waals surface area (Å²) in [5, 5.41) is 3.06. The van der Waals surface area contributed by atoms with Gasteiger partial charge in [-0.25, -0.2) is 4.98 Å². The van der Waals surface area contributed by atoms with Gasteiger partial charge in [-0.1, -0.05) is 42.0 Å². The number of ether oxygens (including phenoxy) is 1. The second-order valence-electron chi connectivity index (χ2n) is 9.44. The Kier molecular flexibility index (Phi) is 6.63. The maximum atomic E-state index is 13.6. The van der Waals surface area contributed by atoms with Crippen molar-refractivity contribution in [3.8, 4) is 0 Å². The molecule has 34 heavy (non-hydrogen) atoms. The molecule has 7 nitrogen and oxygen atoms in total. The minimum Gasteiger partial charge on any atom is -0.376 e. The fourth-order valence-electron chi connectivity index (χ4n) is 4.94. The van der Waals surface area contributed by atoms with E-state index in [2.05, 4.69) is 36.5 Å². The van der Waals surface area contributed by atoms with Gasteiger partial charge in [-0.3, -0.25) is 14.2 Å². The van der Waals surface area contributed by atoms with Crippen LogP contribution in [-0.4, -0.2) is 47.8 Å². The Morgan fingerprint density at radius 3 is 2.59 bits per heavy atom. The molecule has 2 fully saturated rings. The number of hydrogen-bond donors (Lipinski definition) is 1. The van der Waals surface area contributed by atoms with Gasteiger partial charge in [-0.05, 0) is 50.3 Å². The number of rotatable bonds is 6. The Morgan fingerprint density at radius 1 is 1.09 bits per heavy atom. The first-order valence-electron chi connectivity index (χ1n) is 12.3. The average Bonchev–Trinajstić information content (AvgIpc) is 3.39. The number of benzene rings is 2. The molecule has 3 aromatic rings. The van der Waals surface area contributed by atoms with Crippen LogP contribution in [0.25, 0.3) is 11.0 Å². The summed E-state index contributed by atoms with van der Waals surface area (Å²) in [4.78, 5) is 33.0. The van der Waals surface area contributed by atoms with Crippen molar-refractivity contribution >= 4 is 22.8 Å². The van der Waals surface area contributed by atoms with Crippen molar-refractivity contribution in [3.63, 3.8) is 0 Å². The van der Waals surface area contributed by atoms with Gasteiger partial charge in [-0.2, -0.15) is 0 Å². The minimum atomic E-state index is -0.0828. The zero-order valence-electron chi connectivity index (χ0n) is 19.7. The van der Waals surface area contributed by atoms with Gasteiger partial charge in [0.15, 0.2) is 5.82 Å². The molecule has 5 rings (SSSR count). The molecule has 1 unspecified atom stereocenters. The van der Waals surface area contributed by atoms with Crippen LogP contribution < -0.4 is 15.8 Å². The fraction of sp³-hybridized carbons (Fsp3) is 0.444. The molecular weight excluding hydrogens is 428 g/mol. The van der Waals surface area contributed by atoms with Gasteiger partial charge in [0.2, 0.25) is 5.91 Å². The first-order valence-corrected chi connectivity index (χ1v) is 12.3. The third kappa shape index (κ3) is 4.85. The molecule has 0 saturated carbocycles. The molecule has 0 bridgehead atoms. The normalized spacial score (nSPS) is 19.0. The molecule has 1 atom stereocenters. The van der Waals surface area contributed by atoms with E-state index in [9.17, 15) is 9.59 Å². The SMILES string of the molecule is Cc1ccc(Cn2c(=O)c(N3CCC(C(=O)NCC4CCCO4)CC3)nc3ccccc32)cc1. The molecule has 2 aliphatic rings. The van der Waals surface area contributed by atoms with Gasteiger partial charge >= 0.3 is 0 Å². The third-order valence-electron chi connectivity index (χ3n) is 6.99. The quantitative estimate of drug-likeness (QED) is 0.611. The van der Waals surface area contributed by atoms with E-state index < -0.39 is 0 Å². The number of para-hydroxylation sites is 2. The van der Waals surface area contributed by atoms with E-state index in [-0.39, 0.29) is 23.5 Å². The van der Waals surface area contributed by atoms with E-state index in [0.717, 1.165) is 36.0 Å². The summed E-state index contributed by atoms with van der Waals surface area (Å²) >= 11 is 0. The zero-order chi connectivity index (χ0) is 23.5. The number of carbonyl (C=O) groups is 1. The van der Waals surface area contributed by atoms with Crippen LogP contribution in [0.2, 0.25) is 0 Å². The van der Waals surface area contributed by atoms with Crippen molar-refractivity contribution in [1.82, 2.24) is 14.9 Å². The number of aryl methyl sites for hydroxylation is 1. The number of piperidine rings is 1. The van der Waals surface area contributed by atoms with Gasteiger partial charge < -0.3 is 15.0 Å². The Balaban J connectivity index is 1.32. The van der Waals surface area contributed by atoms with Crippen LogP contribution in [0.5, 0.6) is 0 Å². The molecule has 178 valence electrons. The Morgan fingerprint density at radius 2 is 1.85 bits per heavy atom. The molecule has 3 heterocycles. The van der Waals surface area contributed by atoms with E-state index in [1.165, 1.54) is 5.56 Å². The molecule has 0 radical (unpaired) electrons. The van der Waals surface area contributed by atoms with Gasteiger partial charge in [-0.15, -0.1) is 0 Å². The number of hydrogen-bond acceptors (Lipinski definition) is 5. The third-order valence-corrected chi connectivity index (χ3v) is 6.99. The Labute approximate surface area is 199 Å². The molecule has 2 aliphatic heterocycles. The highest BCUT2D eigenvalue weighted by Gasteiger charge is 2.28. The lowest BCUT2D eigenvalue weighted by Crippen LogP contribution is -2.44. The molecule has 0 aliphatic carbocycles. The van der Waals surface area contributed by atoms with Crippen molar-refractivity contribution in [2.45, 2.75) is 45.3 Å². The number of anilines is 1. The van der Waals surface area contributed by atoms with Crippen molar-refractivity contribution in [3.05, 3.63) is 70.0 Å². The average molecular weight is 461 g/mol. The van der Waals surface area contributed by atoms with E-state index in [4.69, 9.17) is 9.72 Å². The number of amides is 1. The van der Waals surface area contributed by atoms with Gasteiger partial charge in [0.05, 0.1) is 23.7 Å². The standard InChI is InChI=1S/C27H32N4O3/c1-19-8-10-20(11-9-19)18-31-24-7-3-2-6-23(24)29-25(27(31)33)30-14-12-21(13-15-30)26(32)28-17-22-5-4-16-34-22/h2-3,6-11,21-22H,4-5,12-18H2,1H3,(H,28,32). The molecule has 2 aromatic carbocycles. The predicted octanol–water partition coefficient (Wildman–Crippen LogP) is 3.26. The van der Waals surface area contributed by atoms with E-state index in [0.29, 0.717) is 44.8 Å². The van der Waals surface area contributed by atoms with Crippen LogP contribution in [0.1, 0.15) is 36.8 Å². The van der Waals surface area contributed by atoms with Crippen molar-refractivity contribution in [2.24, 2.45) is 5.92 Å². The Hall–Kier alpha value is -3.19. The lowest BCUT2D eigenvalue weighted by molar-refractivity contribution is -0.126. The number of nitrogens with one attached hydrogen (secondary N) is 1. The zero-order valence-corrected chi connectivity index (χ0v) is 19.7. The molecule has 1 aromatic heterocycles. The fourth-order valence-corrected chi connectivity index (χ4v) is 4.94. The highest BCUT2D eigenvalue weighted by atomic mass is 16.5. The molecule has 1 amide bonds. The number of nitrogens with zero attached hydrogens (tertiary/aromatic N) is 3. The highest BCUT2D eigenvalue weighted by Crippen LogP contribution is 2.23. The lowest BCUT2D eigenvalue weighted by Gasteiger charge is -2.32. The maximum absolute atomic E-state index is 13.6. The van der Waals surface area contributed by atoms with E-state index in [1.54, 1.807) is 0 Å². The molecule has 2 saturated heterocycles. The second-order valence-corrected chi connectivity index (χ2v) is 9.44. The minimum absolute atomic E-state index is 0.0344. The van der Waals surface area contributed by atoms with Crippen LogP contribution in [0, 0.1) is 12.8 Å². The number of aromatic nitrogens is 2. The first-order chi connectivity index (χ1) is 16.6. The monoisotopic (exact) mass is 460 g/mol. The number of fused-ring (bicyclic) bond motifs is 1. The van der Waals surface area contributed by atoms with Crippen molar-refractivity contribution in [1.29, 1.82) is 0 Å². The summed E-state index contributed by atoms with van der Waals surface area (Å²) in [6.45, 7) is 5.22. The largest absolute Gasteiger partial charge is 0.376 e. The van der Waals surface area contributed by atoms with Crippen LogP contribution in [0.15, 0.2) is 53.3 Å². The van der Waals surface area contributed by atoms with Crippen LogP contribution in [-0.2, 0) is 16.1 Å². The van der Waals surface area contributed by atoms with Gasteiger partial charge in [0, 0.05) is 32.2 Å². The van der Waals surface area contributed by atoms with Crippen LogP contribution in [0.3, 0.4) is 0 Å². The van der Waals surface area contributed by atoms with Gasteiger partial charge in [0.25, 0.3) is 5.56 Å². The summed E-state index contributed by atoms with van der Waals surface area (Å²) in [6.07, 6.45) is 3.66. The Bertz CT molecular complexity index is 1210. The van der Waals surface area contributed by atoms with Crippen molar-refractivity contribution < 1.29 is 9.53 Å². The molecule has 1 N–H and O–H groups in total. The lowest BCUT2D eigenvalue weighted by atomic mass is 9.96. The summed E-state index contributed by atoms with van der Waals surface area (Å²) < 4.78 is 7.43. The molecule has 7 heteroatoms. The van der Waals surface area contributed by atoms with Crippen LogP contribution in [0.4, 0.5) is 5.82 Å². The maximum Gasteiger partial charge on any atom is 0.294 e.